The summed E-state index contributed by atoms with van der Waals surface area (Å²) in [4.78, 5) is 12.0. The number of nitrogens with one attached hydrogen (secondary N) is 2. The Labute approximate surface area is 128 Å². The van der Waals surface area contributed by atoms with Gasteiger partial charge in [-0.3, -0.25) is 4.79 Å². The van der Waals surface area contributed by atoms with Gasteiger partial charge in [0.25, 0.3) is 0 Å². The third-order valence-electron chi connectivity index (χ3n) is 4.77. The highest BCUT2D eigenvalue weighted by atomic mass is 16.1. The van der Waals surface area contributed by atoms with Crippen molar-refractivity contribution in [1.82, 2.24) is 10.6 Å². The first-order valence-electron chi connectivity index (χ1n) is 8.21. The van der Waals surface area contributed by atoms with Gasteiger partial charge in [0.05, 0.1) is 6.54 Å². The molecule has 0 spiro atoms. The summed E-state index contributed by atoms with van der Waals surface area (Å²) in [5, 5.41) is 6.43. The number of carbonyl (C=O) groups excluding carboxylic acids is 1. The number of rotatable bonds is 6. The van der Waals surface area contributed by atoms with Crippen molar-refractivity contribution in [1.29, 1.82) is 0 Å². The van der Waals surface area contributed by atoms with E-state index in [9.17, 15) is 4.79 Å². The van der Waals surface area contributed by atoms with Crippen LogP contribution in [0.1, 0.15) is 38.7 Å². The molecule has 2 rings (SSSR count). The first kappa shape index (κ1) is 16.0. The van der Waals surface area contributed by atoms with Gasteiger partial charge in [0, 0.05) is 6.04 Å². The van der Waals surface area contributed by atoms with Crippen molar-refractivity contribution in [2.75, 3.05) is 13.1 Å². The van der Waals surface area contributed by atoms with Crippen molar-refractivity contribution in [3.05, 3.63) is 35.9 Å². The number of benzene rings is 1. The molecule has 0 aromatic heterocycles. The van der Waals surface area contributed by atoms with E-state index in [0.717, 1.165) is 25.3 Å². The average Bonchev–Trinajstić information content (AvgIpc) is 2.49. The fourth-order valence-corrected chi connectivity index (χ4v) is 3.12. The van der Waals surface area contributed by atoms with Crippen LogP contribution in [0.4, 0.5) is 0 Å². The van der Waals surface area contributed by atoms with E-state index >= 15 is 0 Å². The smallest absolute Gasteiger partial charge is 0.234 e. The van der Waals surface area contributed by atoms with E-state index in [2.05, 4.69) is 36.6 Å². The Morgan fingerprint density at radius 1 is 1.19 bits per heavy atom. The molecule has 1 aliphatic rings. The van der Waals surface area contributed by atoms with Crippen molar-refractivity contribution in [3.8, 4) is 0 Å². The first-order valence-corrected chi connectivity index (χ1v) is 8.21. The van der Waals surface area contributed by atoms with Crippen molar-refractivity contribution >= 4 is 5.91 Å². The summed E-state index contributed by atoms with van der Waals surface area (Å²) < 4.78 is 0. The lowest BCUT2D eigenvalue weighted by Gasteiger charge is -2.34. The molecular weight excluding hydrogens is 260 g/mol. The molecule has 3 atom stereocenters. The lowest BCUT2D eigenvalue weighted by molar-refractivity contribution is -0.121. The highest BCUT2D eigenvalue weighted by molar-refractivity contribution is 5.78. The molecule has 1 aromatic rings. The zero-order chi connectivity index (χ0) is 15.1. The average molecular weight is 288 g/mol. The molecule has 1 aromatic carbocycles. The van der Waals surface area contributed by atoms with E-state index in [-0.39, 0.29) is 5.91 Å². The van der Waals surface area contributed by atoms with Gasteiger partial charge < -0.3 is 10.6 Å². The maximum absolute atomic E-state index is 12.0. The van der Waals surface area contributed by atoms with Gasteiger partial charge in [0.1, 0.15) is 0 Å². The van der Waals surface area contributed by atoms with Gasteiger partial charge in [0.2, 0.25) is 5.91 Å². The van der Waals surface area contributed by atoms with Crippen LogP contribution in [0, 0.1) is 11.8 Å². The summed E-state index contributed by atoms with van der Waals surface area (Å²) >= 11 is 0. The number of carbonyl (C=O) groups is 1. The van der Waals surface area contributed by atoms with Crippen LogP contribution in [0.2, 0.25) is 0 Å². The van der Waals surface area contributed by atoms with Crippen molar-refractivity contribution < 1.29 is 4.79 Å². The number of amides is 1. The van der Waals surface area contributed by atoms with Crippen LogP contribution < -0.4 is 10.6 Å². The molecule has 0 heterocycles. The molecule has 0 saturated heterocycles. The molecule has 0 radical (unpaired) electrons. The Morgan fingerprint density at radius 2 is 1.95 bits per heavy atom. The van der Waals surface area contributed by atoms with Crippen LogP contribution in [0.3, 0.4) is 0 Å². The third-order valence-corrected chi connectivity index (χ3v) is 4.77. The Morgan fingerprint density at radius 3 is 2.71 bits per heavy atom. The largest absolute Gasteiger partial charge is 0.352 e. The maximum atomic E-state index is 12.0. The number of hydrogen-bond donors (Lipinski definition) is 2. The van der Waals surface area contributed by atoms with Crippen LogP contribution in [-0.2, 0) is 11.2 Å². The van der Waals surface area contributed by atoms with E-state index in [1.165, 1.54) is 18.4 Å². The molecule has 1 fully saturated rings. The summed E-state index contributed by atoms with van der Waals surface area (Å²) in [7, 11) is 0. The summed E-state index contributed by atoms with van der Waals surface area (Å²) in [6, 6.07) is 10.7. The minimum absolute atomic E-state index is 0.133. The van der Waals surface area contributed by atoms with E-state index in [0.29, 0.717) is 18.5 Å². The van der Waals surface area contributed by atoms with Gasteiger partial charge in [-0.05, 0) is 36.8 Å². The molecule has 21 heavy (non-hydrogen) atoms. The van der Waals surface area contributed by atoms with Gasteiger partial charge >= 0.3 is 0 Å². The second kappa shape index (κ2) is 8.18. The number of hydrogen-bond acceptors (Lipinski definition) is 2. The van der Waals surface area contributed by atoms with Crippen LogP contribution in [-0.4, -0.2) is 25.0 Å². The molecule has 0 bridgehead atoms. The van der Waals surface area contributed by atoms with Gasteiger partial charge in [-0.2, -0.15) is 0 Å². The molecular formula is C18H28N2O. The summed E-state index contributed by atoms with van der Waals surface area (Å²) in [6.07, 6.45) is 4.62. The molecule has 1 aliphatic carbocycles. The minimum Gasteiger partial charge on any atom is -0.352 e. The van der Waals surface area contributed by atoms with Crippen LogP contribution in [0.5, 0.6) is 0 Å². The van der Waals surface area contributed by atoms with Crippen molar-refractivity contribution in [2.24, 2.45) is 11.8 Å². The minimum atomic E-state index is 0.133. The van der Waals surface area contributed by atoms with Crippen LogP contribution in [0.15, 0.2) is 30.3 Å². The highest BCUT2D eigenvalue weighted by Crippen LogP contribution is 2.29. The van der Waals surface area contributed by atoms with Gasteiger partial charge in [-0.25, -0.2) is 0 Å². The summed E-state index contributed by atoms with van der Waals surface area (Å²) in [5.41, 5.74) is 1.31. The Kier molecular flexibility index (Phi) is 6.24. The predicted molar refractivity (Wildman–Crippen MR) is 87.1 cm³/mol. The SMILES string of the molecule is C[C@H]1[C@@H](NC(=O)CNCCc2ccccc2)CCC[C@@H]1C. The first-order chi connectivity index (χ1) is 10.2. The molecule has 3 heteroatoms. The van der Waals surface area contributed by atoms with Crippen molar-refractivity contribution in [2.45, 2.75) is 45.6 Å². The Bertz CT molecular complexity index is 432. The molecule has 0 aliphatic heterocycles. The lowest BCUT2D eigenvalue weighted by Crippen LogP contribution is -2.46. The molecule has 1 saturated carbocycles. The Hall–Kier alpha value is -1.35. The van der Waals surface area contributed by atoms with Crippen molar-refractivity contribution in [3.63, 3.8) is 0 Å². The van der Waals surface area contributed by atoms with E-state index in [1.807, 2.05) is 18.2 Å². The normalized spacial score (nSPS) is 25.5. The zero-order valence-electron chi connectivity index (χ0n) is 13.3. The molecule has 116 valence electrons. The van der Waals surface area contributed by atoms with Gasteiger partial charge in [-0.15, -0.1) is 0 Å². The van der Waals surface area contributed by atoms with Gasteiger partial charge in [-0.1, -0.05) is 57.0 Å². The molecule has 1 amide bonds. The van der Waals surface area contributed by atoms with E-state index < -0.39 is 0 Å². The monoisotopic (exact) mass is 288 g/mol. The summed E-state index contributed by atoms with van der Waals surface area (Å²) in [5.74, 6) is 1.44. The highest BCUT2D eigenvalue weighted by Gasteiger charge is 2.27. The zero-order valence-corrected chi connectivity index (χ0v) is 13.3. The van der Waals surface area contributed by atoms with E-state index in [1.54, 1.807) is 0 Å². The molecule has 3 nitrogen and oxygen atoms in total. The molecule has 0 unspecified atom stereocenters. The Balaban J connectivity index is 1.63. The van der Waals surface area contributed by atoms with Crippen LogP contribution in [0.25, 0.3) is 0 Å². The summed E-state index contributed by atoms with van der Waals surface area (Å²) in [6.45, 7) is 5.82. The fourth-order valence-electron chi connectivity index (χ4n) is 3.12. The third kappa shape index (κ3) is 5.16. The lowest BCUT2D eigenvalue weighted by atomic mass is 9.78. The topological polar surface area (TPSA) is 41.1 Å². The maximum Gasteiger partial charge on any atom is 0.234 e. The van der Waals surface area contributed by atoms with Gasteiger partial charge in [0.15, 0.2) is 0 Å². The molecule has 2 N–H and O–H groups in total. The quantitative estimate of drug-likeness (QED) is 0.790. The predicted octanol–water partition coefficient (Wildman–Crippen LogP) is 2.76. The standard InChI is InChI=1S/C18H28N2O/c1-14-7-6-10-17(15(14)2)20-18(21)13-19-12-11-16-8-4-3-5-9-16/h3-5,8-9,14-15,17,19H,6-7,10-13H2,1-2H3,(H,20,21)/t14-,15+,17-/m0/s1. The second-order valence-electron chi connectivity index (χ2n) is 6.35. The van der Waals surface area contributed by atoms with Crippen LogP contribution >= 0.6 is 0 Å². The van der Waals surface area contributed by atoms with E-state index in [4.69, 9.17) is 0 Å². The second-order valence-corrected chi connectivity index (χ2v) is 6.35. The fraction of sp³-hybridized carbons (Fsp3) is 0.611.